The largest absolute Gasteiger partial charge is 0.475 e. The lowest BCUT2D eigenvalue weighted by atomic mass is 9.99. The Morgan fingerprint density at radius 1 is 1.71 bits per heavy atom. The third-order valence-corrected chi connectivity index (χ3v) is 2.50. The van der Waals surface area contributed by atoms with Gasteiger partial charge >= 0.3 is 5.97 Å². The highest BCUT2D eigenvalue weighted by Gasteiger charge is 2.29. The molecule has 1 aliphatic heterocycles. The van der Waals surface area contributed by atoms with E-state index in [1.165, 1.54) is 6.07 Å². The molecule has 1 aromatic rings. The van der Waals surface area contributed by atoms with Crippen LogP contribution in [-0.4, -0.2) is 28.9 Å². The summed E-state index contributed by atoms with van der Waals surface area (Å²) in [5.74, 6) is -1.04. The summed E-state index contributed by atoms with van der Waals surface area (Å²) < 4.78 is 10.0. The lowest BCUT2D eigenvalue weighted by Crippen LogP contribution is -2.09. The molecular formula is C9H11NO4. The van der Waals surface area contributed by atoms with Gasteiger partial charge < -0.3 is 14.4 Å². The van der Waals surface area contributed by atoms with Crippen LogP contribution in [0, 0.1) is 0 Å². The summed E-state index contributed by atoms with van der Waals surface area (Å²) in [6, 6.07) is 1.47. The maximum atomic E-state index is 10.5. The average Bonchev–Trinajstić information content (AvgIpc) is 2.71. The molecule has 76 valence electrons. The fourth-order valence-electron chi connectivity index (χ4n) is 1.68. The minimum Gasteiger partial charge on any atom is -0.475 e. The van der Waals surface area contributed by atoms with Gasteiger partial charge in [0, 0.05) is 18.6 Å². The van der Waals surface area contributed by atoms with Crippen LogP contribution in [0.5, 0.6) is 0 Å². The lowest BCUT2D eigenvalue weighted by molar-refractivity contribution is 0.0652. The molecular weight excluding hydrogens is 186 g/mol. The van der Waals surface area contributed by atoms with E-state index in [0.29, 0.717) is 12.3 Å². The van der Waals surface area contributed by atoms with E-state index in [1.54, 1.807) is 0 Å². The lowest BCUT2D eigenvalue weighted by Gasteiger charge is -2.08. The van der Waals surface area contributed by atoms with Crippen LogP contribution in [0.25, 0.3) is 0 Å². The van der Waals surface area contributed by atoms with Gasteiger partial charge in [-0.2, -0.15) is 0 Å². The van der Waals surface area contributed by atoms with E-state index in [9.17, 15) is 4.79 Å². The summed E-state index contributed by atoms with van der Waals surface area (Å²) >= 11 is 0. The van der Waals surface area contributed by atoms with Crippen LogP contribution in [0.2, 0.25) is 0 Å². The van der Waals surface area contributed by atoms with Crippen molar-refractivity contribution < 1.29 is 19.2 Å². The number of hydrogen-bond acceptors (Lipinski definition) is 4. The molecule has 2 rings (SSSR count). The first kappa shape index (κ1) is 9.21. The normalized spacial score (nSPS) is 26.6. The second-order valence-electron chi connectivity index (χ2n) is 3.39. The Bertz CT molecular complexity index is 346. The summed E-state index contributed by atoms with van der Waals surface area (Å²) in [5, 5.41) is 12.4. The van der Waals surface area contributed by atoms with Gasteiger partial charge in [0.2, 0.25) is 5.76 Å². The number of aromatic carboxylic acids is 1. The van der Waals surface area contributed by atoms with Crippen LogP contribution < -0.4 is 0 Å². The van der Waals surface area contributed by atoms with Gasteiger partial charge in [0.25, 0.3) is 0 Å². The molecule has 5 heteroatoms. The Labute approximate surface area is 80.6 Å². The van der Waals surface area contributed by atoms with Gasteiger partial charge in [0.1, 0.15) is 0 Å². The van der Waals surface area contributed by atoms with E-state index >= 15 is 0 Å². The zero-order valence-corrected chi connectivity index (χ0v) is 7.77. The van der Waals surface area contributed by atoms with Gasteiger partial charge in [-0.05, 0) is 13.3 Å². The molecule has 0 bridgehead atoms. The van der Waals surface area contributed by atoms with E-state index in [4.69, 9.17) is 9.84 Å². The standard InChI is InChI=1S/C9H11NO4/c1-5-6(2-3-13-5)7-4-8(9(11)12)14-10-7/h4-6H,2-3H2,1H3,(H,11,12). The molecule has 1 aliphatic rings. The molecule has 1 aromatic heterocycles. The molecule has 0 radical (unpaired) electrons. The van der Waals surface area contributed by atoms with Crippen LogP contribution in [-0.2, 0) is 4.74 Å². The van der Waals surface area contributed by atoms with Crippen molar-refractivity contribution in [3.8, 4) is 0 Å². The third kappa shape index (κ3) is 1.50. The second kappa shape index (κ2) is 3.42. The number of hydrogen-bond donors (Lipinski definition) is 1. The maximum absolute atomic E-state index is 10.5. The third-order valence-electron chi connectivity index (χ3n) is 2.50. The Morgan fingerprint density at radius 3 is 3.00 bits per heavy atom. The Kier molecular flexibility index (Phi) is 2.25. The molecule has 0 amide bonds. The van der Waals surface area contributed by atoms with Crippen LogP contribution in [0.4, 0.5) is 0 Å². The second-order valence-corrected chi connectivity index (χ2v) is 3.39. The molecule has 2 atom stereocenters. The van der Waals surface area contributed by atoms with Crippen LogP contribution in [0.1, 0.15) is 35.5 Å². The maximum Gasteiger partial charge on any atom is 0.374 e. The molecule has 14 heavy (non-hydrogen) atoms. The van der Waals surface area contributed by atoms with Gasteiger partial charge in [-0.25, -0.2) is 4.79 Å². The average molecular weight is 197 g/mol. The van der Waals surface area contributed by atoms with Gasteiger partial charge in [0.15, 0.2) is 0 Å². The fourth-order valence-corrected chi connectivity index (χ4v) is 1.68. The van der Waals surface area contributed by atoms with Gasteiger partial charge in [-0.15, -0.1) is 0 Å². The molecule has 0 aliphatic carbocycles. The first-order valence-corrected chi connectivity index (χ1v) is 4.50. The molecule has 2 heterocycles. The Hall–Kier alpha value is -1.36. The number of aromatic nitrogens is 1. The zero-order valence-electron chi connectivity index (χ0n) is 7.77. The molecule has 0 aromatic carbocycles. The summed E-state index contributed by atoms with van der Waals surface area (Å²) in [6.07, 6.45) is 0.953. The molecule has 1 saturated heterocycles. The first-order valence-electron chi connectivity index (χ1n) is 4.50. The van der Waals surface area contributed by atoms with E-state index in [0.717, 1.165) is 6.42 Å². The monoisotopic (exact) mass is 197 g/mol. The summed E-state index contributed by atoms with van der Waals surface area (Å²) in [6.45, 7) is 2.65. The SMILES string of the molecule is CC1OCCC1c1cc(C(=O)O)on1. The van der Waals surface area contributed by atoms with Gasteiger partial charge in [-0.3, -0.25) is 0 Å². The summed E-state index contributed by atoms with van der Waals surface area (Å²) in [4.78, 5) is 10.5. The highest BCUT2D eigenvalue weighted by atomic mass is 16.5. The molecule has 5 nitrogen and oxygen atoms in total. The van der Waals surface area contributed by atoms with Gasteiger partial charge in [0.05, 0.1) is 11.8 Å². The van der Waals surface area contributed by atoms with Crippen molar-refractivity contribution in [1.29, 1.82) is 0 Å². The smallest absolute Gasteiger partial charge is 0.374 e. The Morgan fingerprint density at radius 2 is 2.50 bits per heavy atom. The minimum atomic E-state index is -1.09. The van der Waals surface area contributed by atoms with Crippen LogP contribution >= 0.6 is 0 Å². The quantitative estimate of drug-likeness (QED) is 0.772. The number of nitrogens with zero attached hydrogens (tertiary/aromatic N) is 1. The van der Waals surface area contributed by atoms with Crippen molar-refractivity contribution in [3.05, 3.63) is 17.5 Å². The first-order chi connectivity index (χ1) is 6.68. The van der Waals surface area contributed by atoms with Crippen LogP contribution in [0.15, 0.2) is 10.6 Å². The summed E-state index contributed by atoms with van der Waals surface area (Å²) in [5.41, 5.74) is 0.674. The van der Waals surface area contributed by atoms with Crippen molar-refractivity contribution in [2.75, 3.05) is 6.61 Å². The molecule has 1 N–H and O–H groups in total. The van der Waals surface area contributed by atoms with E-state index in [2.05, 4.69) is 9.68 Å². The van der Waals surface area contributed by atoms with E-state index in [1.807, 2.05) is 6.92 Å². The minimum absolute atomic E-state index is 0.0849. The number of carboxylic acid groups (broad SMARTS) is 1. The molecule has 2 unspecified atom stereocenters. The fraction of sp³-hybridized carbons (Fsp3) is 0.556. The Balaban J connectivity index is 2.20. The van der Waals surface area contributed by atoms with Gasteiger partial charge in [-0.1, -0.05) is 5.16 Å². The van der Waals surface area contributed by atoms with Crippen molar-refractivity contribution in [3.63, 3.8) is 0 Å². The number of rotatable bonds is 2. The van der Waals surface area contributed by atoms with Crippen molar-refractivity contribution in [1.82, 2.24) is 5.16 Å². The highest BCUT2D eigenvalue weighted by Crippen LogP contribution is 2.30. The number of carbonyl (C=O) groups is 1. The number of ether oxygens (including phenoxy) is 1. The van der Waals surface area contributed by atoms with Crippen LogP contribution in [0.3, 0.4) is 0 Å². The molecule has 1 fully saturated rings. The predicted octanol–water partition coefficient (Wildman–Crippen LogP) is 1.27. The predicted molar refractivity (Wildman–Crippen MR) is 46.2 cm³/mol. The number of carboxylic acids is 1. The topological polar surface area (TPSA) is 72.6 Å². The molecule has 0 spiro atoms. The van der Waals surface area contributed by atoms with E-state index in [-0.39, 0.29) is 17.8 Å². The van der Waals surface area contributed by atoms with Crippen molar-refractivity contribution >= 4 is 5.97 Å². The molecule has 0 saturated carbocycles. The zero-order chi connectivity index (χ0) is 10.1. The van der Waals surface area contributed by atoms with Crippen molar-refractivity contribution in [2.45, 2.75) is 25.4 Å². The van der Waals surface area contributed by atoms with Crippen molar-refractivity contribution in [2.24, 2.45) is 0 Å². The summed E-state index contributed by atoms with van der Waals surface area (Å²) in [7, 11) is 0. The van der Waals surface area contributed by atoms with E-state index < -0.39 is 5.97 Å². The highest BCUT2D eigenvalue weighted by molar-refractivity contribution is 5.84.